The Morgan fingerprint density at radius 2 is 1.74 bits per heavy atom. The zero-order valence-electron chi connectivity index (χ0n) is 10.2. The average Bonchev–Trinajstić information content (AvgIpc) is 2.41. The second kappa shape index (κ2) is 5.24. The van der Waals surface area contributed by atoms with Crippen molar-refractivity contribution < 1.29 is 18.6 Å². The number of para-hydroxylation sites is 1. The highest BCUT2D eigenvalue weighted by Crippen LogP contribution is 2.33. The fourth-order valence-corrected chi connectivity index (χ4v) is 1.88. The zero-order chi connectivity index (χ0) is 14.0. The van der Waals surface area contributed by atoms with Crippen molar-refractivity contribution in [2.45, 2.75) is 6.10 Å². The van der Waals surface area contributed by atoms with Crippen LogP contribution in [-0.2, 0) is 0 Å². The Kier molecular flexibility index (Phi) is 3.66. The van der Waals surface area contributed by atoms with Crippen LogP contribution >= 0.6 is 0 Å². The van der Waals surface area contributed by atoms with Gasteiger partial charge in [-0.05, 0) is 12.1 Å². The van der Waals surface area contributed by atoms with Crippen molar-refractivity contribution in [1.82, 2.24) is 0 Å². The Morgan fingerprint density at radius 1 is 1.11 bits per heavy atom. The molecular formula is C14H13F2NO2. The minimum Gasteiger partial charge on any atom is -0.495 e. The molecule has 2 aromatic carbocycles. The largest absolute Gasteiger partial charge is 0.495 e. The lowest BCUT2D eigenvalue weighted by Crippen LogP contribution is -2.08. The van der Waals surface area contributed by atoms with Crippen LogP contribution in [0.5, 0.6) is 5.75 Å². The van der Waals surface area contributed by atoms with Crippen molar-refractivity contribution in [2.24, 2.45) is 0 Å². The summed E-state index contributed by atoms with van der Waals surface area (Å²) in [5, 5.41) is 10.2. The van der Waals surface area contributed by atoms with Gasteiger partial charge in [-0.2, -0.15) is 0 Å². The summed E-state index contributed by atoms with van der Waals surface area (Å²) in [5.41, 5.74) is 6.12. The summed E-state index contributed by atoms with van der Waals surface area (Å²) in [6.45, 7) is 0. The Bertz CT molecular complexity index is 602. The summed E-state index contributed by atoms with van der Waals surface area (Å²) < 4.78 is 31.8. The van der Waals surface area contributed by atoms with Gasteiger partial charge in [0.25, 0.3) is 0 Å². The van der Waals surface area contributed by atoms with Crippen molar-refractivity contribution in [1.29, 1.82) is 0 Å². The van der Waals surface area contributed by atoms with Crippen molar-refractivity contribution in [2.75, 3.05) is 12.8 Å². The second-order valence-corrected chi connectivity index (χ2v) is 4.01. The summed E-state index contributed by atoms with van der Waals surface area (Å²) >= 11 is 0. The highest BCUT2D eigenvalue weighted by molar-refractivity contribution is 5.60. The molecule has 19 heavy (non-hydrogen) atoms. The van der Waals surface area contributed by atoms with Crippen LogP contribution in [0.4, 0.5) is 14.5 Å². The number of anilines is 1. The zero-order valence-corrected chi connectivity index (χ0v) is 10.2. The standard InChI is InChI=1S/C14H13F2NO2/c1-19-11-7-3-5-9(13(11)17)14(18)8-4-2-6-10(15)12(8)16/h2-7,14,18H,17H2,1H3. The van der Waals surface area contributed by atoms with Crippen LogP contribution in [-0.4, -0.2) is 12.2 Å². The Labute approximate surface area is 109 Å². The maximum atomic E-state index is 13.6. The van der Waals surface area contributed by atoms with Gasteiger partial charge in [0.15, 0.2) is 11.6 Å². The molecule has 2 rings (SSSR count). The number of nitrogens with two attached hydrogens (primary N) is 1. The molecule has 3 nitrogen and oxygen atoms in total. The number of methoxy groups -OCH3 is 1. The Balaban J connectivity index is 2.50. The molecule has 0 bridgehead atoms. The molecule has 0 aliphatic carbocycles. The first-order valence-electron chi connectivity index (χ1n) is 5.60. The van der Waals surface area contributed by atoms with E-state index in [4.69, 9.17) is 10.5 Å². The third kappa shape index (κ3) is 2.37. The molecule has 0 saturated carbocycles. The predicted molar refractivity (Wildman–Crippen MR) is 67.8 cm³/mol. The molecule has 2 aromatic rings. The predicted octanol–water partition coefficient (Wildman–Crippen LogP) is 2.64. The summed E-state index contributed by atoms with van der Waals surface area (Å²) in [6.07, 6.45) is -1.36. The fraction of sp³-hybridized carbons (Fsp3) is 0.143. The van der Waals surface area contributed by atoms with Crippen molar-refractivity contribution >= 4 is 5.69 Å². The fourth-order valence-electron chi connectivity index (χ4n) is 1.88. The van der Waals surface area contributed by atoms with Crippen LogP contribution in [0.1, 0.15) is 17.2 Å². The molecule has 3 N–H and O–H groups in total. The van der Waals surface area contributed by atoms with E-state index in [1.807, 2.05) is 0 Å². The molecule has 0 amide bonds. The second-order valence-electron chi connectivity index (χ2n) is 4.01. The molecule has 0 saturated heterocycles. The normalized spacial score (nSPS) is 12.2. The molecular weight excluding hydrogens is 252 g/mol. The van der Waals surface area contributed by atoms with Crippen LogP contribution in [0, 0.1) is 11.6 Å². The summed E-state index contributed by atoms with van der Waals surface area (Å²) in [6, 6.07) is 8.39. The monoisotopic (exact) mass is 265 g/mol. The quantitative estimate of drug-likeness (QED) is 0.839. The molecule has 5 heteroatoms. The van der Waals surface area contributed by atoms with Gasteiger partial charge >= 0.3 is 0 Å². The summed E-state index contributed by atoms with van der Waals surface area (Å²) in [4.78, 5) is 0. The van der Waals surface area contributed by atoms with E-state index in [0.717, 1.165) is 6.07 Å². The van der Waals surface area contributed by atoms with Crippen LogP contribution in [0.15, 0.2) is 36.4 Å². The molecule has 0 heterocycles. The molecule has 100 valence electrons. The van der Waals surface area contributed by atoms with Gasteiger partial charge in [-0.15, -0.1) is 0 Å². The van der Waals surface area contributed by atoms with Gasteiger partial charge in [-0.3, -0.25) is 0 Å². The molecule has 1 atom stereocenters. The van der Waals surface area contributed by atoms with Gasteiger partial charge < -0.3 is 15.6 Å². The van der Waals surface area contributed by atoms with Gasteiger partial charge in [0.05, 0.1) is 12.8 Å². The van der Waals surface area contributed by atoms with E-state index in [-0.39, 0.29) is 16.8 Å². The first kappa shape index (κ1) is 13.3. The molecule has 0 spiro atoms. The lowest BCUT2D eigenvalue weighted by atomic mass is 9.99. The third-order valence-corrected chi connectivity index (χ3v) is 2.89. The number of hydrogen-bond donors (Lipinski definition) is 2. The SMILES string of the molecule is COc1cccc(C(O)c2cccc(F)c2F)c1N. The van der Waals surface area contributed by atoms with Crippen molar-refractivity contribution in [3.63, 3.8) is 0 Å². The highest BCUT2D eigenvalue weighted by Gasteiger charge is 2.20. The highest BCUT2D eigenvalue weighted by atomic mass is 19.2. The molecule has 0 aliphatic heterocycles. The maximum absolute atomic E-state index is 13.6. The van der Waals surface area contributed by atoms with Gasteiger partial charge in [0.1, 0.15) is 11.9 Å². The smallest absolute Gasteiger partial charge is 0.164 e. The number of hydrogen-bond acceptors (Lipinski definition) is 3. The van der Waals surface area contributed by atoms with E-state index in [0.29, 0.717) is 5.75 Å². The Hall–Kier alpha value is -2.14. The minimum atomic E-state index is -1.36. The Morgan fingerprint density at radius 3 is 2.42 bits per heavy atom. The first-order valence-corrected chi connectivity index (χ1v) is 5.60. The van der Waals surface area contributed by atoms with Crippen LogP contribution < -0.4 is 10.5 Å². The van der Waals surface area contributed by atoms with Crippen molar-refractivity contribution in [3.8, 4) is 5.75 Å². The average molecular weight is 265 g/mol. The number of nitrogen functional groups attached to an aromatic ring is 1. The topological polar surface area (TPSA) is 55.5 Å². The number of aliphatic hydroxyl groups is 1. The molecule has 0 aromatic heterocycles. The van der Waals surface area contributed by atoms with Gasteiger partial charge in [0, 0.05) is 11.1 Å². The van der Waals surface area contributed by atoms with Gasteiger partial charge in [-0.1, -0.05) is 24.3 Å². The van der Waals surface area contributed by atoms with Crippen LogP contribution in [0.2, 0.25) is 0 Å². The van der Waals surface area contributed by atoms with E-state index >= 15 is 0 Å². The minimum absolute atomic E-state index is 0.167. The first-order chi connectivity index (χ1) is 9.06. The maximum Gasteiger partial charge on any atom is 0.164 e. The van der Waals surface area contributed by atoms with Gasteiger partial charge in [0.2, 0.25) is 0 Å². The van der Waals surface area contributed by atoms with Crippen LogP contribution in [0.25, 0.3) is 0 Å². The molecule has 0 radical (unpaired) electrons. The lowest BCUT2D eigenvalue weighted by molar-refractivity contribution is 0.213. The molecule has 0 aliphatic rings. The number of rotatable bonds is 3. The van der Waals surface area contributed by atoms with Crippen LogP contribution in [0.3, 0.4) is 0 Å². The third-order valence-electron chi connectivity index (χ3n) is 2.89. The van der Waals surface area contributed by atoms with E-state index < -0.39 is 17.7 Å². The summed E-state index contributed by atoms with van der Waals surface area (Å²) in [5.74, 6) is -1.73. The molecule has 0 fully saturated rings. The van der Waals surface area contributed by atoms with Crippen molar-refractivity contribution in [3.05, 3.63) is 59.2 Å². The van der Waals surface area contributed by atoms with E-state index in [9.17, 15) is 13.9 Å². The number of ether oxygens (including phenoxy) is 1. The van der Waals surface area contributed by atoms with E-state index in [1.54, 1.807) is 12.1 Å². The van der Waals surface area contributed by atoms with E-state index in [2.05, 4.69) is 0 Å². The van der Waals surface area contributed by atoms with E-state index in [1.165, 1.54) is 25.3 Å². The number of aliphatic hydroxyl groups excluding tert-OH is 1. The molecule has 1 unspecified atom stereocenters. The number of benzene rings is 2. The number of halogens is 2. The van der Waals surface area contributed by atoms with Gasteiger partial charge in [-0.25, -0.2) is 8.78 Å². The lowest BCUT2D eigenvalue weighted by Gasteiger charge is -2.16. The summed E-state index contributed by atoms with van der Waals surface area (Å²) in [7, 11) is 1.44.